The number of nitrogens with zero attached hydrogens (tertiary/aromatic N) is 3. The van der Waals surface area contributed by atoms with Crippen LogP contribution in [0.5, 0.6) is 0 Å². The third kappa shape index (κ3) is 3.53. The lowest BCUT2D eigenvalue weighted by atomic mass is 10.3. The van der Waals surface area contributed by atoms with Crippen LogP contribution in [0.25, 0.3) is 0 Å². The average Bonchev–Trinajstić information content (AvgIpc) is 2.92. The van der Waals surface area contributed by atoms with Crippen LogP contribution in [0.3, 0.4) is 0 Å². The molecule has 1 N–H and O–H groups in total. The first-order valence-electron chi connectivity index (χ1n) is 5.43. The summed E-state index contributed by atoms with van der Waals surface area (Å²) in [6, 6.07) is 5.44. The highest BCUT2D eigenvalue weighted by molar-refractivity contribution is 8.00. The zero-order chi connectivity index (χ0) is 13.7. The molecule has 0 aliphatic heterocycles. The van der Waals surface area contributed by atoms with Crippen LogP contribution in [0, 0.1) is 11.3 Å². The van der Waals surface area contributed by atoms with E-state index in [1.165, 1.54) is 23.1 Å². The van der Waals surface area contributed by atoms with E-state index >= 15 is 0 Å². The van der Waals surface area contributed by atoms with Crippen molar-refractivity contribution in [3.63, 3.8) is 0 Å². The summed E-state index contributed by atoms with van der Waals surface area (Å²) in [6.07, 6.45) is 3.24. The van der Waals surface area contributed by atoms with Crippen LogP contribution in [0.15, 0.2) is 34.9 Å². The number of nitriles is 1. The summed E-state index contributed by atoms with van der Waals surface area (Å²) in [5.41, 5.74) is 0.474. The fourth-order valence-corrected chi connectivity index (χ4v) is 2.68. The standard InChI is InChI=1S/C12H10N4OS2/c1-8(10(17)16-12-15-5-6-18-12)19-11-9(7-13)3-2-4-14-11/h2-6,8H,1H3,(H,15,16,17)/t8-/m0/s1. The Morgan fingerprint density at radius 3 is 3.05 bits per heavy atom. The molecule has 0 radical (unpaired) electrons. The maximum atomic E-state index is 11.9. The normalized spacial score (nSPS) is 11.6. The number of amides is 1. The van der Waals surface area contributed by atoms with E-state index < -0.39 is 0 Å². The molecule has 0 aromatic carbocycles. The van der Waals surface area contributed by atoms with E-state index in [2.05, 4.69) is 21.4 Å². The second kappa shape index (κ2) is 6.31. The number of aromatic nitrogens is 2. The number of carbonyl (C=O) groups excluding carboxylic acids is 1. The molecule has 0 aliphatic carbocycles. The number of anilines is 1. The zero-order valence-corrected chi connectivity index (χ0v) is 11.7. The predicted molar refractivity (Wildman–Crippen MR) is 75.0 cm³/mol. The van der Waals surface area contributed by atoms with E-state index in [1.807, 2.05) is 0 Å². The van der Waals surface area contributed by atoms with Gasteiger partial charge in [-0.1, -0.05) is 11.8 Å². The molecule has 19 heavy (non-hydrogen) atoms. The summed E-state index contributed by atoms with van der Waals surface area (Å²) >= 11 is 2.62. The Balaban J connectivity index is 2.02. The lowest BCUT2D eigenvalue weighted by Crippen LogP contribution is -2.22. The van der Waals surface area contributed by atoms with Crippen LogP contribution >= 0.6 is 23.1 Å². The Labute approximate surface area is 118 Å². The molecule has 96 valence electrons. The van der Waals surface area contributed by atoms with E-state index in [4.69, 9.17) is 5.26 Å². The van der Waals surface area contributed by atoms with E-state index in [0.717, 1.165) is 0 Å². The van der Waals surface area contributed by atoms with Crippen molar-refractivity contribution in [2.75, 3.05) is 5.32 Å². The molecule has 2 heterocycles. The molecule has 0 aliphatic rings. The van der Waals surface area contributed by atoms with Gasteiger partial charge in [-0.2, -0.15) is 5.26 Å². The Bertz CT molecular complexity index is 606. The van der Waals surface area contributed by atoms with Gasteiger partial charge in [0.1, 0.15) is 11.1 Å². The van der Waals surface area contributed by atoms with Crippen LogP contribution in [0.2, 0.25) is 0 Å². The summed E-state index contributed by atoms with van der Waals surface area (Å²) in [4.78, 5) is 20.0. The third-order valence-corrected chi connectivity index (χ3v) is 4.02. The van der Waals surface area contributed by atoms with Gasteiger partial charge in [0.15, 0.2) is 5.13 Å². The van der Waals surface area contributed by atoms with Gasteiger partial charge in [-0.15, -0.1) is 11.3 Å². The number of carbonyl (C=O) groups is 1. The van der Waals surface area contributed by atoms with Gasteiger partial charge in [0.2, 0.25) is 5.91 Å². The van der Waals surface area contributed by atoms with Crippen LogP contribution in [-0.2, 0) is 4.79 Å². The molecular weight excluding hydrogens is 280 g/mol. The van der Waals surface area contributed by atoms with Crippen LogP contribution < -0.4 is 5.32 Å². The fraction of sp³-hybridized carbons (Fsp3) is 0.167. The Kier molecular flexibility index (Phi) is 4.49. The molecule has 0 spiro atoms. The molecule has 0 saturated carbocycles. The summed E-state index contributed by atoms with van der Waals surface area (Å²) in [6.45, 7) is 1.77. The van der Waals surface area contributed by atoms with Gasteiger partial charge in [-0.05, 0) is 19.1 Å². The number of nitrogens with one attached hydrogen (secondary N) is 1. The molecule has 2 rings (SSSR count). The summed E-state index contributed by atoms with van der Waals surface area (Å²) in [5.74, 6) is -0.158. The van der Waals surface area contributed by atoms with Crippen molar-refractivity contribution in [1.82, 2.24) is 9.97 Å². The smallest absolute Gasteiger partial charge is 0.239 e. The lowest BCUT2D eigenvalue weighted by molar-refractivity contribution is -0.115. The van der Waals surface area contributed by atoms with Crippen LogP contribution in [-0.4, -0.2) is 21.1 Å². The van der Waals surface area contributed by atoms with Gasteiger partial charge in [0.05, 0.1) is 10.8 Å². The minimum absolute atomic E-state index is 0.158. The second-order valence-corrected chi connectivity index (χ2v) is 5.78. The monoisotopic (exact) mass is 290 g/mol. The maximum absolute atomic E-state index is 11.9. The zero-order valence-electron chi connectivity index (χ0n) is 10.0. The number of hydrogen-bond donors (Lipinski definition) is 1. The van der Waals surface area contributed by atoms with Crippen molar-refractivity contribution in [2.45, 2.75) is 17.2 Å². The third-order valence-electron chi connectivity index (χ3n) is 2.21. The van der Waals surface area contributed by atoms with Gasteiger partial charge < -0.3 is 5.32 Å². The van der Waals surface area contributed by atoms with E-state index in [1.54, 1.807) is 36.8 Å². The van der Waals surface area contributed by atoms with E-state index in [9.17, 15) is 4.79 Å². The fourth-order valence-electron chi connectivity index (χ4n) is 1.28. The first kappa shape index (κ1) is 13.5. The molecule has 0 fully saturated rings. The number of thiazole rings is 1. The van der Waals surface area contributed by atoms with Crippen LogP contribution in [0.4, 0.5) is 5.13 Å². The first-order chi connectivity index (χ1) is 9.20. The molecular formula is C12H10N4OS2. The molecule has 0 bridgehead atoms. The average molecular weight is 290 g/mol. The number of thioether (sulfide) groups is 1. The molecule has 7 heteroatoms. The van der Waals surface area contributed by atoms with Crippen molar-refractivity contribution in [2.24, 2.45) is 0 Å². The molecule has 5 nitrogen and oxygen atoms in total. The van der Waals surface area contributed by atoms with Crippen molar-refractivity contribution in [3.05, 3.63) is 35.5 Å². The Hall–Kier alpha value is -1.91. The van der Waals surface area contributed by atoms with Gasteiger partial charge in [-0.3, -0.25) is 4.79 Å². The SMILES string of the molecule is C[C@H](Sc1ncccc1C#N)C(=O)Nc1nccs1. The van der Waals surface area contributed by atoms with Crippen molar-refractivity contribution < 1.29 is 4.79 Å². The highest BCUT2D eigenvalue weighted by atomic mass is 32.2. The summed E-state index contributed by atoms with van der Waals surface area (Å²) < 4.78 is 0. The van der Waals surface area contributed by atoms with Crippen LogP contribution in [0.1, 0.15) is 12.5 Å². The Morgan fingerprint density at radius 1 is 1.53 bits per heavy atom. The second-order valence-electron chi connectivity index (χ2n) is 3.55. The molecule has 2 aromatic heterocycles. The minimum atomic E-state index is -0.356. The highest BCUT2D eigenvalue weighted by Gasteiger charge is 2.17. The Morgan fingerprint density at radius 2 is 2.37 bits per heavy atom. The molecule has 0 unspecified atom stereocenters. The number of rotatable bonds is 4. The number of pyridine rings is 1. The first-order valence-corrected chi connectivity index (χ1v) is 7.19. The van der Waals surface area contributed by atoms with Crippen molar-refractivity contribution >= 4 is 34.1 Å². The largest absolute Gasteiger partial charge is 0.301 e. The van der Waals surface area contributed by atoms with Gasteiger partial charge in [0, 0.05) is 17.8 Å². The molecule has 1 atom stereocenters. The van der Waals surface area contributed by atoms with Gasteiger partial charge >= 0.3 is 0 Å². The topological polar surface area (TPSA) is 78.7 Å². The predicted octanol–water partition coefficient (Wildman–Crippen LogP) is 2.53. The minimum Gasteiger partial charge on any atom is -0.301 e. The van der Waals surface area contributed by atoms with Gasteiger partial charge in [0.25, 0.3) is 0 Å². The van der Waals surface area contributed by atoms with E-state index in [0.29, 0.717) is 15.7 Å². The molecule has 0 saturated heterocycles. The molecule has 2 aromatic rings. The van der Waals surface area contributed by atoms with Crippen molar-refractivity contribution in [3.8, 4) is 6.07 Å². The van der Waals surface area contributed by atoms with Crippen molar-refractivity contribution in [1.29, 1.82) is 5.26 Å². The molecule has 1 amide bonds. The number of hydrogen-bond acceptors (Lipinski definition) is 6. The van der Waals surface area contributed by atoms with E-state index in [-0.39, 0.29) is 11.2 Å². The maximum Gasteiger partial charge on any atom is 0.239 e. The lowest BCUT2D eigenvalue weighted by Gasteiger charge is -2.10. The summed E-state index contributed by atoms with van der Waals surface area (Å²) in [7, 11) is 0. The van der Waals surface area contributed by atoms with Gasteiger partial charge in [-0.25, -0.2) is 9.97 Å². The quantitative estimate of drug-likeness (QED) is 0.875. The highest BCUT2D eigenvalue weighted by Crippen LogP contribution is 2.25. The summed E-state index contributed by atoms with van der Waals surface area (Å²) in [5, 5.41) is 14.2.